The first-order chi connectivity index (χ1) is 15.3. The number of morpholine rings is 1. The Hall–Kier alpha value is -2.27. The average molecular weight is 434 g/mol. The number of nitrogens with zero attached hydrogens (tertiary/aromatic N) is 1. The van der Waals surface area contributed by atoms with E-state index in [2.05, 4.69) is 90.7 Å². The molecule has 0 aromatic heterocycles. The van der Waals surface area contributed by atoms with Gasteiger partial charge in [0.05, 0.1) is 29.5 Å². The molecule has 1 aliphatic rings. The molecule has 1 unspecified atom stereocenters. The Kier molecular flexibility index (Phi) is 8.05. The quantitative estimate of drug-likeness (QED) is 0.374. The predicted octanol–water partition coefficient (Wildman–Crippen LogP) is 6.21. The predicted molar refractivity (Wildman–Crippen MR) is 129 cm³/mol. The van der Waals surface area contributed by atoms with Crippen LogP contribution in [0.2, 0.25) is 0 Å². The van der Waals surface area contributed by atoms with Crippen LogP contribution in [-0.4, -0.2) is 37.3 Å². The highest BCUT2D eigenvalue weighted by atomic mass is 32.2. The molecule has 0 amide bonds. The zero-order valence-electron chi connectivity index (χ0n) is 18.2. The van der Waals surface area contributed by atoms with Crippen molar-refractivity contribution >= 4 is 11.8 Å². The summed E-state index contributed by atoms with van der Waals surface area (Å²) >= 11 is 1.86. The summed E-state index contributed by atoms with van der Waals surface area (Å²) in [5.74, 6) is 0.965. The van der Waals surface area contributed by atoms with Crippen molar-refractivity contribution < 1.29 is 9.47 Å². The summed E-state index contributed by atoms with van der Waals surface area (Å²) in [4.78, 5) is 3.69. The Morgan fingerprint density at radius 1 is 0.968 bits per heavy atom. The summed E-state index contributed by atoms with van der Waals surface area (Å²) < 4.78 is 12.4. The SMILES string of the molecule is CCCOc1ccccc1SC(c1ccccc1)[C@H]1CN(Cc2ccccc2)CCO1. The Morgan fingerprint density at radius 3 is 2.45 bits per heavy atom. The largest absolute Gasteiger partial charge is 0.492 e. The smallest absolute Gasteiger partial charge is 0.132 e. The molecule has 4 heteroatoms. The third-order valence-electron chi connectivity index (χ3n) is 5.46. The van der Waals surface area contributed by atoms with Gasteiger partial charge in [0.1, 0.15) is 5.75 Å². The number of thioether (sulfide) groups is 1. The lowest BCUT2D eigenvalue weighted by molar-refractivity contribution is -0.0319. The van der Waals surface area contributed by atoms with Gasteiger partial charge in [-0.1, -0.05) is 79.7 Å². The molecule has 3 aromatic rings. The van der Waals surface area contributed by atoms with Gasteiger partial charge >= 0.3 is 0 Å². The molecule has 0 radical (unpaired) electrons. The van der Waals surface area contributed by atoms with E-state index in [-0.39, 0.29) is 11.4 Å². The van der Waals surface area contributed by atoms with Crippen LogP contribution in [0.25, 0.3) is 0 Å². The van der Waals surface area contributed by atoms with Crippen LogP contribution >= 0.6 is 11.8 Å². The molecule has 0 bridgehead atoms. The van der Waals surface area contributed by atoms with Gasteiger partial charge in [0.15, 0.2) is 0 Å². The zero-order valence-corrected chi connectivity index (χ0v) is 19.0. The Balaban J connectivity index is 1.54. The number of benzene rings is 3. The summed E-state index contributed by atoms with van der Waals surface area (Å²) in [6.45, 7) is 6.48. The molecule has 3 aromatic carbocycles. The van der Waals surface area contributed by atoms with E-state index in [0.29, 0.717) is 0 Å². The Morgan fingerprint density at radius 2 is 1.68 bits per heavy atom. The van der Waals surface area contributed by atoms with Crippen LogP contribution in [0.5, 0.6) is 5.75 Å². The van der Waals surface area contributed by atoms with E-state index in [9.17, 15) is 0 Å². The highest BCUT2D eigenvalue weighted by molar-refractivity contribution is 7.99. The molecule has 1 aliphatic heterocycles. The molecule has 0 aliphatic carbocycles. The second-order valence-corrected chi connectivity index (χ2v) is 9.06. The minimum absolute atomic E-state index is 0.115. The van der Waals surface area contributed by atoms with E-state index in [1.54, 1.807) is 0 Å². The van der Waals surface area contributed by atoms with Crippen molar-refractivity contribution in [3.05, 3.63) is 96.1 Å². The second-order valence-electron chi connectivity index (χ2n) is 7.87. The van der Waals surface area contributed by atoms with E-state index in [4.69, 9.17) is 9.47 Å². The van der Waals surface area contributed by atoms with Crippen LogP contribution in [0.15, 0.2) is 89.8 Å². The third kappa shape index (κ3) is 6.13. The van der Waals surface area contributed by atoms with Gasteiger partial charge in [0, 0.05) is 19.6 Å². The molecule has 4 rings (SSSR count). The van der Waals surface area contributed by atoms with Gasteiger partial charge in [-0.05, 0) is 29.7 Å². The van der Waals surface area contributed by atoms with Crippen molar-refractivity contribution in [2.45, 2.75) is 36.1 Å². The minimum Gasteiger partial charge on any atom is -0.492 e. The fraction of sp³-hybridized carbons (Fsp3) is 0.333. The first kappa shape index (κ1) is 21.9. The standard InChI is InChI=1S/C27H31NO2S/c1-2-18-29-24-15-9-10-16-26(24)31-27(23-13-7-4-8-14-23)25-21-28(17-19-30-25)20-22-11-5-3-6-12-22/h3-16,25,27H,2,17-21H2,1H3/t25-,27?/m1/s1. The molecule has 2 atom stereocenters. The summed E-state index contributed by atoms with van der Waals surface area (Å²) in [7, 11) is 0. The highest BCUT2D eigenvalue weighted by Gasteiger charge is 2.31. The van der Waals surface area contributed by atoms with Crippen molar-refractivity contribution in [3.63, 3.8) is 0 Å². The van der Waals surface area contributed by atoms with Gasteiger partial charge in [-0.2, -0.15) is 0 Å². The van der Waals surface area contributed by atoms with Crippen molar-refractivity contribution in [2.24, 2.45) is 0 Å². The Bertz CT molecular complexity index is 919. The van der Waals surface area contributed by atoms with Gasteiger partial charge in [-0.25, -0.2) is 0 Å². The fourth-order valence-corrected chi connectivity index (χ4v) is 5.20. The van der Waals surface area contributed by atoms with Crippen molar-refractivity contribution in [1.29, 1.82) is 0 Å². The van der Waals surface area contributed by atoms with Gasteiger partial charge in [-0.15, -0.1) is 11.8 Å². The van der Waals surface area contributed by atoms with Gasteiger partial charge in [0.2, 0.25) is 0 Å². The third-order valence-corrected chi connectivity index (χ3v) is 6.88. The maximum absolute atomic E-state index is 6.35. The maximum atomic E-state index is 6.35. The molecular weight excluding hydrogens is 402 g/mol. The zero-order chi connectivity index (χ0) is 21.3. The molecule has 3 nitrogen and oxygen atoms in total. The minimum atomic E-state index is 0.115. The van der Waals surface area contributed by atoms with E-state index in [1.807, 2.05) is 17.8 Å². The highest BCUT2D eigenvalue weighted by Crippen LogP contribution is 2.43. The van der Waals surface area contributed by atoms with Crippen molar-refractivity contribution in [1.82, 2.24) is 4.90 Å². The van der Waals surface area contributed by atoms with Crippen LogP contribution in [0.4, 0.5) is 0 Å². The van der Waals surface area contributed by atoms with E-state index in [1.165, 1.54) is 16.0 Å². The van der Waals surface area contributed by atoms with E-state index in [0.717, 1.165) is 45.0 Å². The second kappa shape index (κ2) is 11.4. The first-order valence-electron chi connectivity index (χ1n) is 11.1. The lowest BCUT2D eigenvalue weighted by Crippen LogP contribution is -2.44. The maximum Gasteiger partial charge on any atom is 0.132 e. The average Bonchev–Trinajstić information content (AvgIpc) is 2.83. The number of rotatable bonds is 9. The lowest BCUT2D eigenvalue weighted by Gasteiger charge is -2.37. The number of hydrogen-bond donors (Lipinski definition) is 0. The first-order valence-corrected chi connectivity index (χ1v) is 12.0. The molecule has 0 N–H and O–H groups in total. The molecule has 1 fully saturated rings. The Labute approximate surface area is 190 Å². The molecule has 1 heterocycles. The molecule has 31 heavy (non-hydrogen) atoms. The van der Waals surface area contributed by atoms with Crippen molar-refractivity contribution in [3.8, 4) is 5.75 Å². The van der Waals surface area contributed by atoms with Crippen LogP contribution < -0.4 is 4.74 Å². The number of hydrogen-bond acceptors (Lipinski definition) is 4. The van der Waals surface area contributed by atoms with Gasteiger partial charge < -0.3 is 9.47 Å². The van der Waals surface area contributed by atoms with E-state index >= 15 is 0 Å². The topological polar surface area (TPSA) is 21.7 Å². The summed E-state index contributed by atoms with van der Waals surface area (Å²) in [5, 5.41) is 0.200. The number of ether oxygens (including phenoxy) is 2. The van der Waals surface area contributed by atoms with Gasteiger partial charge in [-0.3, -0.25) is 4.90 Å². The monoisotopic (exact) mass is 433 g/mol. The van der Waals surface area contributed by atoms with Gasteiger partial charge in [0.25, 0.3) is 0 Å². The summed E-state index contributed by atoms with van der Waals surface area (Å²) in [6.07, 6.45) is 1.12. The van der Waals surface area contributed by atoms with Crippen LogP contribution in [0.1, 0.15) is 29.7 Å². The van der Waals surface area contributed by atoms with E-state index < -0.39 is 0 Å². The van der Waals surface area contributed by atoms with Crippen LogP contribution in [-0.2, 0) is 11.3 Å². The molecular formula is C27H31NO2S. The fourth-order valence-electron chi connectivity index (χ4n) is 3.92. The number of para-hydroxylation sites is 1. The molecule has 0 spiro atoms. The summed E-state index contributed by atoms with van der Waals surface area (Å²) in [6, 6.07) is 29.8. The van der Waals surface area contributed by atoms with Crippen LogP contribution in [0, 0.1) is 0 Å². The molecule has 0 saturated carbocycles. The summed E-state index contributed by atoms with van der Waals surface area (Å²) in [5.41, 5.74) is 2.65. The lowest BCUT2D eigenvalue weighted by atomic mass is 10.1. The molecule has 162 valence electrons. The molecule has 1 saturated heterocycles. The van der Waals surface area contributed by atoms with Crippen molar-refractivity contribution in [2.75, 3.05) is 26.3 Å². The normalized spacial score (nSPS) is 17.9. The van der Waals surface area contributed by atoms with Crippen LogP contribution in [0.3, 0.4) is 0 Å².